The zero-order chi connectivity index (χ0) is 10.4. The van der Waals surface area contributed by atoms with Crippen LogP contribution in [0.5, 0.6) is 0 Å². The Labute approximate surface area is 90.9 Å². The van der Waals surface area contributed by atoms with Gasteiger partial charge in [-0.05, 0) is 37.1 Å². The Kier molecular flexibility index (Phi) is 5.15. The highest BCUT2D eigenvalue weighted by molar-refractivity contribution is 7.10. The second kappa shape index (κ2) is 6.17. The van der Waals surface area contributed by atoms with Crippen molar-refractivity contribution < 1.29 is 0 Å². The fourth-order valence-corrected chi connectivity index (χ4v) is 2.40. The van der Waals surface area contributed by atoms with Crippen LogP contribution in [0.3, 0.4) is 0 Å². The molecule has 1 N–H and O–H groups in total. The van der Waals surface area contributed by atoms with Crippen molar-refractivity contribution in [3.05, 3.63) is 21.9 Å². The lowest BCUT2D eigenvalue weighted by molar-refractivity contribution is 0.298. The zero-order valence-electron chi connectivity index (χ0n) is 9.34. The van der Waals surface area contributed by atoms with Crippen LogP contribution in [0.1, 0.15) is 24.3 Å². The molecule has 0 atom stereocenters. The van der Waals surface area contributed by atoms with E-state index in [2.05, 4.69) is 35.5 Å². The Morgan fingerprint density at radius 2 is 2.07 bits per heavy atom. The molecular weight excluding hydrogens is 192 g/mol. The Balaban J connectivity index is 2.49. The lowest BCUT2D eigenvalue weighted by atomic mass is 10.3. The molecule has 0 radical (unpaired) electrons. The number of hydrogen-bond acceptors (Lipinski definition) is 3. The fraction of sp³-hybridized carbons (Fsp3) is 0.636. The van der Waals surface area contributed by atoms with Gasteiger partial charge in [-0.3, -0.25) is 4.90 Å². The lowest BCUT2D eigenvalue weighted by Gasteiger charge is -2.16. The van der Waals surface area contributed by atoms with Crippen LogP contribution in [0.2, 0.25) is 0 Å². The van der Waals surface area contributed by atoms with E-state index < -0.39 is 0 Å². The van der Waals surface area contributed by atoms with Crippen molar-refractivity contribution >= 4 is 11.3 Å². The van der Waals surface area contributed by atoms with E-state index >= 15 is 0 Å². The van der Waals surface area contributed by atoms with Crippen molar-refractivity contribution in [3.8, 4) is 0 Å². The van der Waals surface area contributed by atoms with Crippen LogP contribution in [0, 0.1) is 0 Å². The summed E-state index contributed by atoms with van der Waals surface area (Å²) in [5.41, 5.74) is 1.40. The molecule has 0 fully saturated rings. The van der Waals surface area contributed by atoms with Crippen molar-refractivity contribution in [2.24, 2.45) is 0 Å². The van der Waals surface area contributed by atoms with Crippen LogP contribution in [-0.2, 0) is 13.1 Å². The molecular formula is C11H20N2S. The highest BCUT2D eigenvalue weighted by Gasteiger charge is 2.03. The van der Waals surface area contributed by atoms with Crippen LogP contribution in [0.4, 0.5) is 0 Å². The molecule has 0 aromatic carbocycles. The highest BCUT2D eigenvalue weighted by Crippen LogP contribution is 2.16. The summed E-state index contributed by atoms with van der Waals surface area (Å²) in [6.45, 7) is 8.78. The first-order valence-electron chi connectivity index (χ1n) is 5.23. The van der Waals surface area contributed by atoms with Crippen molar-refractivity contribution in [3.63, 3.8) is 0 Å². The number of rotatable bonds is 6. The van der Waals surface area contributed by atoms with Gasteiger partial charge in [-0.1, -0.05) is 13.8 Å². The maximum Gasteiger partial charge on any atom is 0.0327 e. The number of nitrogens with one attached hydrogen (secondary N) is 1. The van der Waals surface area contributed by atoms with Gasteiger partial charge in [0.2, 0.25) is 0 Å². The van der Waals surface area contributed by atoms with Gasteiger partial charge in [0, 0.05) is 18.0 Å². The first-order chi connectivity index (χ1) is 6.80. The summed E-state index contributed by atoms with van der Waals surface area (Å²) >= 11 is 1.87. The molecule has 0 bridgehead atoms. The Hall–Kier alpha value is -0.380. The van der Waals surface area contributed by atoms with E-state index in [1.165, 1.54) is 10.4 Å². The molecule has 0 aliphatic carbocycles. The molecule has 1 heterocycles. The van der Waals surface area contributed by atoms with Crippen LogP contribution in [0.25, 0.3) is 0 Å². The quantitative estimate of drug-likeness (QED) is 0.778. The molecule has 1 aromatic rings. The normalized spacial score (nSPS) is 11.1. The molecule has 0 spiro atoms. The maximum atomic E-state index is 3.17. The van der Waals surface area contributed by atoms with Gasteiger partial charge in [-0.2, -0.15) is 0 Å². The van der Waals surface area contributed by atoms with E-state index in [-0.39, 0.29) is 0 Å². The molecule has 0 amide bonds. The van der Waals surface area contributed by atoms with Crippen LogP contribution in [0.15, 0.2) is 11.4 Å². The predicted octanol–water partition coefficient (Wildman–Crippen LogP) is 2.31. The van der Waals surface area contributed by atoms with Crippen molar-refractivity contribution in [1.82, 2.24) is 10.2 Å². The first-order valence-corrected chi connectivity index (χ1v) is 6.11. The molecule has 1 rings (SSSR count). The fourth-order valence-electron chi connectivity index (χ4n) is 1.47. The molecule has 2 nitrogen and oxygen atoms in total. The first kappa shape index (κ1) is 11.7. The van der Waals surface area contributed by atoms with E-state index in [9.17, 15) is 0 Å². The molecule has 0 saturated carbocycles. The van der Waals surface area contributed by atoms with Gasteiger partial charge < -0.3 is 5.32 Å². The third-order valence-electron chi connectivity index (χ3n) is 2.36. The van der Waals surface area contributed by atoms with E-state index in [0.29, 0.717) is 0 Å². The average Bonchev–Trinajstić information content (AvgIpc) is 2.63. The molecule has 1 aromatic heterocycles. The van der Waals surface area contributed by atoms with Gasteiger partial charge in [0.25, 0.3) is 0 Å². The van der Waals surface area contributed by atoms with E-state index in [0.717, 1.165) is 26.2 Å². The Morgan fingerprint density at radius 3 is 2.64 bits per heavy atom. The Bertz CT molecular complexity index is 254. The van der Waals surface area contributed by atoms with E-state index in [1.807, 2.05) is 18.4 Å². The predicted molar refractivity (Wildman–Crippen MR) is 63.7 cm³/mol. The van der Waals surface area contributed by atoms with E-state index in [1.54, 1.807) is 0 Å². The lowest BCUT2D eigenvalue weighted by Crippen LogP contribution is -2.21. The minimum absolute atomic E-state index is 0.981. The van der Waals surface area contributed by atoms with Gasteiger partial charge in [-0.15, -0.1) is 11.3 Å². The van der Waals surface area contributed by atoms with Crippen molar-refractivity contribution in [2.45, 2.75) is 26.9 Å². The Morgan fingerprint density at radius 1 is 1.36 bits per heavy atom. The molecule has 80 valence electrons. The summed E-state index contributed by atoms with van der Waals surface area (Å²) in [6, 6.07) is 2.31. The van der Waals surface area contributed by atoms with Crippen LogP contribution < -0.4 is 5.32 Å². The van der Waals surface area contributed by atoms with Gasteiger partial charge in [0.15, 0.2) is 0 Å². The van der Waals surface area contributed by atoms with E-state index in [4.69, 9.17) is 0 Å². The summed E-state index contributed by atoms with van der Waals surface area (Å²) < 4.78 is 0. The third kappa shape index (κ3) is 3.40. The molecule has 3 heteroatoms. The number of nitrogens with zero attached hydrogens (tertiary/aromatic N) is 1. The maximum absolute atomic E-state index is 3.17. The average molecular weight is 212 g/mol. The van der Waals surface area contributed by atoms with Gasteiger partial charge in [0.05, 0.1) is 0 Å². The molecule has 0 saturated heterocycles. The second-order valence-electron chi connectivity index (χ2n) is 3.41. The smallest absolute Gasteiger partial charge is 0.0327 e. The topological polar surface area (TPSA) is 15.3 Å². The summed E-state index contributed by atoms with van der Waals surface area (Å²) in [5.74, 6) is 0. The summed E-state index contributed by atoms with van der Waals surface area (Å²) in [5, 5.41) is 5.42. The van der Waals surface area contributed by atoms with Crippen LogP contribution in [-0.4, -0.2) is 25.0 Å². The third-order valence-corrected chi connectivity index (χ3v) is 3.33. The zero-order valence-corrected chi connectivity index (χ0v) is 10.2. The largest absolute Gasteiger partial charge is 0.316 e. The second-order valence-corrected chi connectivity index (χ2v) is 4.41. The van der Waals surface area contributed by atoms with Crippen LogP contribution >= 0.6 is 11.3 Å². The minimum atomic E-state index is 0.981. The number of thiophene rings is 1. The highest BCUT2D eigenvalue weighted by atomic mass is 32.1. The van der Waals surface area contributed by atoms with Gasteiger partial charge in [0.1, 0.15) is 0 Å². The number of hydrogen-bond donors (Lipinski definition) is 1. The monoisotopic (exact) mass is 212 g/mol. The standard InChI is InChI=1S/C11H20N2S/c1-4-13(5-2)8-11-6-10(7-12-3)9-14-11/h6,9,12H,4-5,7-8H2,1-3H3. The van der Waals surface area contributed by atoms with Gasteiger partial charge in [-0.25, -0.2) is 0 Å². The minimum Gasteiger partial charge on any atom is -0.316 e. The summed E-state index contributed by atoms with van der Waals surface area (Å²) in [7, 11) is 1.99. The molecule has 0 aliphatic rings. The van der Waals surface area contributed by atoms with Crippen molar-refractivity contribution in [1.29, 1.82) is 0 Å². The SMILES string of the molecule is CCN(CC)Cc1cc(CNC)cs1. The molecule has 14 heavy (non-hydrogen) atoms. The molecule has 0 unspecified atom stereocenters. The summed E-state index contributed by atoms with van der Waals surface area (Å²) in [4.78, 5) is 3.91. The molecule has 0 aliphatic heterocycles. The van der Waals surface area contributed by atoms with Crippen molar-refractivity contribution in [2.75, 3.05) is 20.1 Å². The summed E-state index contributed by atoms with van der Waals surface area (Å²) in [6.07, 6.45) is 0. The van der Waals surface area contributed by atoms with Gasteiger partial charge >= 0.3 is 0 Å².